The Bertz CT molecular complexity index is 265. The van der Waals surface area contributed by atoms with Crippen LogP contribution in [-0.2, 0) is 14.3 Å². The van der Waals surface area contributed by atoms with Crippen LogP contribution in [0.2, 0.25) is 0 Å². The van der Waals surface area contributed by atoms with Gasteiger partial charge in [-0.3, -0.25) is 4.79 Å². The van der Waals surface area contributed by atoms with Gasteiger partial charge >= 0.3 is 5.97 Å². The van der Waals surface area contributed by atoms with E-state index in [9.17, 15) is 9.59 Å². The number of carbonyl (C=O) groups excluding carboxylic acids is 2. The third-order valence-electron chi connectivity index (χ3n) is 3.06. The highest BCUT2D eigenvalue weighted by Crippen LogP contribution is 2.32. The van der Waals surface area contributed by atoms with Crippen LogP contribution in [0.15, 0.2) is 0 Å². The molecule has 1 N–H and O–H groups in total. The van der Waals surface area contributed by atoms with Gasteiger partial charge in [-0.15, -0.1) is 0 Å². The number of hydrogen-bond acceptors (Lipinski definition) is 5. The van der Waals surface area contributed by atoms with E-state index in [1.165, 1.54) is 7.11 Å². The second-order valence-corrected chi connectivity index (χ2v) is 5.04. The minimum absolute atomic E-state index is 0.438. The van der Waals surface area contributed by atoms with Crippen LogP contribution in [0.3, 0.4) is 0 Å². The number of thiol groups is 1. The minimum atomic E-state index is -0.674. The first kappa shape index (κ1) is 13.3. The first-order chi connectivity index (χ1) is 7.53. The number of hydrogen-bond donors (Lipinski definition) is 2. The Kier molecular flexibility index (Phi) is 4.61. The zero-order chi connectivity index (χ0) is 12.2. The van der Waals surface area contributed by atoms with Crippen molar-refractivity contribution in [3.05, 3.63) is 0 Å². The number of methoxy groups -OCH3 is 1. The van der Waals surface area contributed by atoms with Crippen LogP contribution in [0.25, 0.3) is 0 Å². The fraction of sp³-hybridized carbons (Fsp3) is 0.800. The zero-order valence-electron chi connectivity index (χ0n) is 9.60. The molecule has 0 saturated carbocycles. The van der Waals surface area contributed by atoms with Crippen molar-refractivity contribution < 1.29 is 14.3 Å². The smallest absolute Gasteiger partial charge is 0.329 e. The maximum Gasteiger partial charge on any atom is 0.329 e. The van der Waals surface area contributed by atoms with E-state index >= 15 is 0 Å². The summed E-state index contributed by atoms with van der Waals surface area (Å²) >= 11 is 4.56. The Balaban J connectivity index is 2.75. The van der Waals surface area contributed by atoms with E-state index in [-0.39, 0.29) is 0 Å². The number of piperidine rings is 1. The molecule has 1 fully saturated rings. The van der Waals surface area contributed by atoms with Crippen molar-refractivity contribution in [2.75, 3.05) is 27.2 Å². The molecule has 1 aliphatic rings. The third kappa shape index (κ3) is 2.89. The number of nitrogens with one attached hydrogen (secondary N) is 1. The lowest BCUT2D eigenvalue weighted by molar-refractivity contribution is -0.145. The summed E-state index contributed by atoms with van der Waals surface area (Å²) in [6.45, 7) is 1.72. The molecule has 0 aliphatic carbocycles. The van der Waals surface area contributed by atoms with Gasteiger partial charge in [0.05, 0.1) is 7.11 Å². The molecule has 92 valence electrons. The van der Waals surface area contributed by atoms with Crippen LogP contribution < -0.4 is 5.32 Å². The first-order valence-electron chi connectivity index (χ1n) is 5.22. The average Bonchev–Trinajstić information content (AvgIpc) is 2.29. The van der Waals surface area contributed by atoms with Crippen LogP contribution in [0, 0.1) is 0 Å². The molecule has 0 bridgehead atoms. The Morgan fingerprint density at radius 2 is 2.12 bits per heavy atom. The van der Waals surface area contributed by atoms with Crippen molar-refractivity contribution in [1.29, 1.82) is 0 Å². The molecule has 0 spiro atoms. The summed E-state index contributed by atoms with van der Waals surface area (Å²) in [5, 5.41) is 2.51. The van der Waals surface area contributed by atoms with Gasteiger partial charge in [-0.05, 0) is 33.0 Å². The second-order valence-electron chi connectivity index (χ2n) is 4.15. The van der Waals surface area contributed by atoms with Crippen LogP contribution in [-0.4, -0.2) is 55.3 Å². The van der Waals surface area contributed by atoms with Gasteiger partial charge < -0.3 is 15.0 Å². The monoisotopic (exact) mass is 246 g/mol. The number of likely N-dealkylation sites (tertiary alicyclic amines) is 1. The predicted octanol–water partition coefficient (Wildman–Crippen LogP) is -0.332. The van der Waals surface area contributed by atoms with E-state index < -0.39 is 16.8 Å². The first-order valence-corrected chi connectivity index (χ1v) is 5.66. The van der Waals surface area contributed by atoms with E-state index in [0.29, 0.717) is 6.41 Å². The van der Waals surface area contributed by atoms with E-state index in [4.69, 9.17) is 0 Å². The van der Waals surface area contributed by atoms with Crippen LogP contribution in [0.4, 0.5) is 0 Å². The molecule has 5 nitrogen and oxygen atoms in total. The van der Waals surface area contributed by atoms with Crippen molar-refractivity contribution in [2.24, 2.45) is 0 Å². The summed E-state index contributed by atoms with van der Waals surface area (Å²) in [5.41, 5.74) is 0. The Labute approximate surface area is 101 Å². The summed E-state index contributed by atoms with van der Waals surface area (Å²) in [6.07, 6.45) is 2.01. The predicted molar refractivity (Wildman–Crippen MR) is 63.5 cm³/mol. The van der Waals surface area contributed by atoms with Crippen molar-refractivity contribution >= 4 is 25.0 Å². The molecule has 1 aliphatic heterocycles. The van der Waals surface area contributed by atoms with Gasteiger partial charge in [0.15, 0.2) is 0 Å². The summed E-state index contributed by atoms with van der Waals surface area (Å²) in [7, 11) is 3.33. The van der Waals surface area contributed by atoms with E-state index in [1.54, 1.807) is 0 Å². The number of ether oxygens (including phenoxy) is 1. The fourth-order valence-electron chi connectivity index (χ4n) is 1.92. The molecular weight excluding hydrogens is 228 g/mol. The van der Waals surface area contributed by atoms with E-state index in [1.807, 2.05) is 7.05 Å². The Morgan fingerprint density at radius 1 is 1.56 bits per heavy atom. The normalized spacial score (nSPS) is 22.2. The summed E-state index contributed by atoms with van der Waals surface area (Å²) in [5.74, 6) is -0.438. The van der Waals surface area contributed by atoms with E-state index in [2.05, 4.69) is 27.6 Å². The lowest BCUT2D eigenvalue weighted by Gasteiger charge is -2.40. The second kappa shape index (κ2) is 5.54. The molecule has 1 rings (SSSR count). The minimum Gasteiger partial charge on any atom is -0.467 e. The third-order valence-corrected chi connectivity index (χ3v) is 3.77. The molecule has 16 heavy (non-hydrogen) atoms. The van der Waals surface area contributed by atoms with Crippen molar-refractivity contribution in [3.63, 3.8) is 0 Å². The van der Waals surface area contributed by atoms with Gasteiger partial charge in [0.2, 0.25) is 6.41 Å². The van der Waals surface area contributed by atoms with Gasteiger partial charge in [0.25, 0.3) is 0 Å². The van der Waals surface area contributed by atoms with Gasteiger partial charge in [-0.2, -0.15) is 12.6 Å². The lowest BCUT2D eigenvalue weighted by atomic mass is 9.88. The number of esters is 1. The molecule has 6 heteroatoms. The molecule has 1 heterocycles. The van der Waals surface area contributed by atoms with Gasteiger partial charge in [0, 0.05) is 4.75 Å². The van der Waals surface area contributed by atoms with Crippen molar-refractivity contribution in [1.82, 2.24) is 10.2 Å². The van der Waals surface area contributed by atoms with Gasteiger partial charge in [0.1, 0.15) is 6.04 Å². The molecule has 0 aromatic carbocycles. The van der Waals surface area contributed by atoms with E-state index in [0.717, 1.165) is 25.9 Å². The van der Waals surface area contributed by atoms with Crippen LogP contribution in [0.1, 0.15) is 12.8 Å². The number of rotatable bonds is 4. The van der Waals surface area contributed by atoms with Crippen LogP contribution in [0.5, 0.6) is 0 Å². The van der Waals surface area contributed by atoms with Crippen LogP contribution >= 0.6 is 12.6 Å². The zero-order valence-corrected chi connectivity index (χ0v) is 10.5. The molecule has 1 atom stereocenters. The number of carbonyl (C=O) groups is 2. The highest BCUT2D eigenvalue weighted by atomic mass is 32.1. The summed E-state index contributed by atoms with van der Waals surface area (Å²) < 4.78 is 4.17. The maximum atomic E-state index is 11.6. The SMILES string of the molecule is COC(=O)C(NC=O)C1(S)CCN(C)CC1. The summed E-state index contributed by atoms with van der Waals surface area (Å²) in [6, 6.07) is -0.674. The molecule has 1 unspecified atom stereocenters. The molecule has 0 radical (unpaired) electrons. The highest BCUT2D eigenvalue weighted by Gasteiger charge is 2.42. The quantitative estimate of drug-likeness (QED) is 0.405. The molecule has 1 amide bonds. The van der Waals surface area contributed by atoms with Crippen molar-refractivity contribution in [2.45, 2.75) is 23.6 Å². The fourth-order valence-corrected chi connectivity index (χ4v) is 2.30. The largest absolute Gasteiger partial charge is 0.467 e. The van der Waals surface area contributed by atoms with Gasteiger partial charge in [-0.1, -0.05) is 0 Å². The average molecular weight is 246 g/mol. The standard InChI is InChI=1S/C10H18N2O3S/c1-12-5-3-10(16,4-6-12)8(11-7-13)9(14)15-2/h7-8,16H,3-6H2,1-2H3,(H,11,13). The Hall–Kier alpha value is -0.750. The molecule has 0 aromatic heterocycles. The molecular formula is C10H18N2O3S. The number of nitrogens with zero attached hydrogens (tertiary/aromatic N) is 1. The summed E-state index contributed by atoms with van der Waals surface area (Å²) in [4.78, 5) is 24.3. The van der Waals surface area contributed by atoms with Gasteiger partial charge in [-0.25, -0.2) is 4.79 Å². The highest BCUT2D eigenvalue weighted by molar-refractivity contribution is 7.82. The molecule has 0 aromatic rings. The topological polar surface area (TPSA) is 58.6 Å². The molecule has 1 saturated heterocycles. The number of amides is 1. The maximum absolute atomic E-state index is 11.6. The Morgan fingerprint density at radius 3 is 2.56 bits per heavy atom. The van der Waals surface area contributed by atoms with Crippen molar-refractivity contribution in [3.8, 4) is 0 Å². The lowest BCUT2D eigenvalue weighted by Crippen LogP contribution is -2.56.